The van der Waals surface area contributed by atoms with E-state index in [4.69, 9.17) is 0 Å². The van der Waals surface area contributed by atoms with Gasteiger partial charge in [-0.2, -0.15) is 5.26 Å². The second kappa shape index (κ2) is 6.87. The van der Waals surface area contributed by atoms with Gasteiger partial charge in [0.2, 0.25) is 0 Å². The first-order valence-corrected chi connectivity index (χ1v) is 9.44. The predicted molar refractivity (Wildman–Crippen MR) is 111 cm³/mol. The number of nitrogens with zero attached hydrogens (tertiary/aromatic N) is 3. The van der Waals surface area contributed by atoms with Crippen molar-refractivity contribution in [3.05, 3.63) is 60.4 Å². The van der Waals surface area contributed by atoms with Crippen LogP contribution in [-0.4, -0.2) is 41.1 Å². The number of hydrogen-bond acceptors (Lipinski definition) is 4. The molecule has 0 bridgehead atoms. The number of benzene rings is 1. The maximum Gasteiger partial charge on any atom is 0.124 e. The molecule has 1 aliphatic heterocycles. The van der Waals surface area contributed by atoms with Gasteiger partial charge in [-0.05, 0) is 36.4 Å². The van der Waals surface area contributed by atoms with E-state index in [-0.39, 0.29) is 0 Å². The maximum atomic E-state index is 9.59. The largest absolute Gasteiger partial charge is 0.361 e. The van der Waals surface area contributed by atoms with Crippen molar-refractivity contribution in [3.63, 3.8) is 0 Å². The van der Waals surface area contributed by atoms with Crippen LogP contribution in [-0.2, 0) is 0 Å². The zero-order chi connectivity index (χ0) is 18.9. The zero-order valence-corrected chi connectivity index (χ0v) is 15.4. The highest BCUT2D eigenvalue weighted by molar-refractivity contribution is 5.85. The van der Waals surface area contributed by atoms with Gasteiger partial charge in [-0.1, -0.05) is 6.07 Å². The van der Waals surface area contributed by atoms with Crippen LogP contribution in [0.5, 0.6) is 0 Å². The van der Waals surface area contributed by atoms with Crippen molar-refractivity contribution in [2.45, 2.75) is 0 Å². The summed E-state index contributed by atoms with van der Waals surface area (Å²) in [6, 6.07) is 16.7. The fourth-order valence-electron chi connectivity index (χ4n) is 3.79. The minimum absolute atomic E-state index is 0.684. The lowest BCUT2D eigenvalue weighted by Crippen LogP contribution is -2.44. The van der Waals surface area contributed by atoms with Crippen molar-refractivity contribution >= 4 is 16.7 Å². The summed E-state index contributed by atoms with van der Waals surface area (Å²) in [5, 5.41) is 14.1. The highest BCUT2D eigenvalue weighted by Gasteiger charge is 2.18. The highest BCUT2D eigenvalue weighted by atomic mass is 15.2. The standard InChI is InChI=1S/C22H20N6/c23-14-18-13-21(27-22(18)28-9-7-24-8-10-28)17-4-6-26-20(12-17)15-1-2-19-16(11-15)3-5-25-19/h1-6,11-13,24-25,27H,7-10H2. The highest BCUT2D eigenvalue weighted by Crippen LogP contribution is 2.30. The molecule has 6 nitrogen and oxygen atoms in total. The number of hydrogen-bond donors (Lipinski definition) is 3. The predicted octanol–water partition coefficient (Wildman–Crippen LogP) is 3.51. The molecular formula is C22H20N6. The van der Waals surface area contributed by atoms with Crippen LogP contribution in [0.25, 0.3) is 33.4 Å². The number of pyridine rings is 1. The zero-order valence-electron chi connectivity index (χ0n) is 15.4. The van der Waals surface area contributed by atoms with Crippen molar-refractivity contribution in [3.8, 4) is 28.6 Å². The van der Waals surface area contributed by atoms with E-state index in [0.717, 1.165) is 65.4 Å². The lowest BCUT2D eigenvalue weighted by Gasteiger charge is -2.28. The molecule has 1 fully saturated rings. The first-order chi connectivity index (χ1) is 13.8. The Hall–Kier alpha value is -3.56. The lowest BCUT2D eigenvalue weighted by atomic mass is 10.1. The molecule has 0 aliphatic carbocycles. The van der Waals surface area contributed by atoms with Gasteiger partial charge >= 0.3 is 0 Å². The quantitative estimate of drug-likeness (QED) is 0.517. The minimum Gasteiger partial charge on any atom is -0.361 e. The Morgan fingerprint density at radius 1 is 1.00 bits per heavy atom. The molecule has 4 heterocycles. The van der Waals surface area contributed by atoms with Crippen LogP contribution in [0.15, 0.2) is 54.9 Å². The van der Waals surface area contributed by atoms with Crippen molar-refractivity contribution in [1.82, 2.24) is 20.3 Å². The van der Waals surface area contributed by atoms with E-state index >= 15 is 0 Å². The molecule has 0 unspecified atom stereocenters. The third-order valence-electron chi connectivity index (χ3n) is 5.27. The molecule has 4 aromatic rings. The third-order valence-corrected chi connectivity index (χ3v) is 5.27. The van der Waals surface area contributed by atoms with Gasteiger partial charge in [-0.3, -0.25) is 4.98 Å². The normalized spacial score (nSPS) is 14.3. The molecule has 138 valence electrons. The van der Waals surface area contributed by atoms with E-state index < -0.39 is 0 Å². The molecule has 1 saturated heterocycles. The molecule has 3 aromatic heterocycles. The Kier molecular flexibility index (Phi) is 4.08. The molecule has 0 radical (unpaired) electrons. The van der Waals surface area contributed by atoms with Crippen LogP contribution < -0.4 is 10.2 Å². The molecule has 1 aliphatic rings. The Morgan fingerprint density at radius 3 is 2.75 bits per heavy atom. The number of piperazine rings is 1. The number of fused-ring (bicyclic) bond motifs is 1. The van der Waals surface area contributed by atoms with E-state index in [1.54, 1.807) is 0 Å². The Labute approximate surface area is 162 Å². The van der Waals surface area contributed by atoms with Gasteiger partial charge in [-0.15, -0.1) is 0 Å². The fraction of sp³-hybridized carbons (Fsp3) is 0.182. The second-order valence-electron chi connectivity index (χ2n) is 7.00. The smallest absolute Gasteiger partial charge is 0.124 e. The summed E-state index contributed by atoms with van der Waals surface area (Å²) >= 11 is 0. The molecule has 3 N–H and O–H groups in total. The van der Waals surface area contributed by atoms with Gasteiger partial charge < -0.3 is 20.2 Å². The van der Waals surface area contributed by atoms with Crippen LogP contribution in [0.2, 0.25) is 0 Å². The van der Waals surface area contributed by atoms with Gasteiger partial charge in [-0.25, -0.2) is 0 Å². The molecule has 5 rings (SSSR count). The average molecular weight is 368 g/mol. The first kappa shape index (κ1) is 16.6. The number of nitrogens with one attached hydrogen (secondary N) is 3. The van der Waals surface area contributed by atoms with Crippen molar-refractivity contribution in [1.29, 1.82) is 5.26 Å². The van der Waals surface area contributed by atoms with Crippen LogP contribution in [0.4, 0.5) is 5.82 Å². The summed E-state index contributed by atoms with van der Waals surface area (Å²) in [5.74, 6) is 0.908. The van der Waals surface area contributed by atoms with Crippen LogP contribution in [0.3, 0.4) is 0 Å². The Balaban J connectivity index is 1.52. The van der Waals surface area contributed by atoms with Gasteiger partial charge in [0, 0.05) is 66.3 Å². The third kappa shape index (κ3) is 2.92. The number of nitriles is 1. The Bertz CT molecular complexity index is 1170. The van der Waals surface area contributed by atoms with Crippen LogP contribution in [0, 0.1) is 11.3 Å². The van der Waals surface area contributed by atoms with E-state index in [1.807, 2.05) is 24.5 Å². The number of anilines is 1. The SMILES string of the molecule is N#Cc1cc(-c2ccnc(-c3ccc4[nH]ccc4c3)c2)[nH]c1N1CCNCC1. The minimum atomic E-state index is 0.684. The summed E-state index contributed by atoms with van der Waals surface area (Å²) in [6.07, 6.45) is 3.77. The topological polar surface area (TPSA) is 83.5 Å². The number of H-pyrrole nitrogens is 2. The summed E-state index contributed by atoms with van der Waals surface area (Å²) < 4.78 is 0. The average Bonchev–Trinajstić information content (AvgIpc) is 3.41. The molecule has 0 amide bonds. The van der Waals surface area contributed by atoms with Crippen LogP contribution >= 0.6 is 0 Å². The van der Waals surface area contributed by atoms with Crippen molar-refractivity contribution in [2.75, 3.05) is 31.1 Å². The molecule has 0 atom stereocenters. The first-order valence-electron chi connectivity index (χ1n) is 9.44. The van der Waals surface area contributed by atoms with E-state index in [1.165, 1.54) is 0 Å². The monoisotopic (exact) mass is 368 g/mol. The van der Waals surface area contributed by atoms with Gasteiger partial charge in [0.25, 0.3) is 0 Å². The number of rotatable bonds is 3. The van der Waals surface area contributed by atoms with E-state index in [2.05, 4.69) is 61.6 Å². The van der Waals surface area contributed by atoms with Gasteiger partial charge in [0.15, 0.2) is 0 Å². The van der Waals surface area contributed by atoms with Gasteiger partial charge in [0.1, 0.15) is 11.9 Å². The maximum absolute atomic E-state index is 9.59. The molecule has 0 saturated carbocycles. The van der Waals surface area contributed by atoms with E-state index in [0.29, 0.717) is 5.56 Å². The molecule has 28 heavy (non-hydrogen) atoms. The summed E-state index contributed by atoms with van der Waals surface area (Å²) in [7, 11) is 0. The van der Waals surface area contributed by atoms with Gasteiger partial charge in [0.05, 0.1) is 11.3 Å². The Morgan fingerprint density at radius 2 is 1.89 bits per heavy atom. The molecule has 1 aromatic carbocycles. The lowest BCUT2D eigenvalue weighted by molar-refractivity contribution is 0.585. The fourth-order valence-corrected chi connectivity index (χ4v) is 3.79. The van der Waals surface area contributed by atoms with Crippen molar-refractivity contribution in [2.24, 2.45) is 0 Å². The second-order valence-corrected chi connectivity index (χ2v) is 7.00. The van der Waals surface area contributed by atoms with Crippen molar-refractivity contribution < 1.29 is 0 Å². The molecule has 0 spiro atoms. The number of aromatic nitrogens is 3. The van der Waals surface area contributed by atoms with E-state index in [9.17, 15) is 5.26 Å². The summed E-state index contributed by atoms with van der Waals surface area (Å²) in [5.41, 5.74) is 5.75. The van der Waals surface area contributed by atoms with Crippen LogP contribution in [0.1, 0.15) is 5.56 Å². The summed E-state index contributed by atoms with van der Waals surface area (Å²) in [4.78, 5) is 13.5. The number of aromatic amines is 2. The molecule has 6 heteroatoms. The molecular weight excluding hydrogens is 348 g/mol. The summed E-state index contributed by atoms with van der Waals surface area (Å²) in [6.45, 7) is 3.65.